The SMILES string of the molecule is C1CC2C3CCC(C3)C2C1.C1CC2C3CCC(C3)C2C1.CCCCCCC. The van der Waals surface area contributed by atoms with Crippen molar-refractivity contribution >= 4 is 0 Å². The molecule has 0 heterocycles. The van der Waals surface area contributed by atoms with Crippen LogP contribution in [0.4, 0.5) is 0 Å². The highest BCUT2D eigenvalue weighted by atomic mass is 14.5. The van der Waals surface area contributed by atoms with E-state index in [1.54, 1.807) is 77.0 Å². The highest BCUT2D eigenvalue weighted by Crippen LogP contribution is 2.59. The number of rotatable bonds is 4. The van der Waals surface area contributed by atoms with E-state index in [1.165, 1.54) is 79.4 Å². The molecule has 0 amide bonds. The van der Waals surface area contributed by atoms with Crippen LogP contribution >= 0.6 is 0 Å². The first-order chi connectivity index (χ1) is 13.3. The molecule has 0 aromatic carbocycles. The Morgan fingerprint density at radius 2 is 0.778 bits per heavy atom. The Labute approximate surface area is 170 Å². The van der Waals surface area contributed by atoms with Crippen LogP contribution in [0.1, 0.15) is 123 Å². The number of hydrogen-bond acceptors (Lipinski definition) is 0. The second-order valence-corrected chi connectivity index (χ2v) is 11.2. The van der Waals surface area contributed by atoms with Gasteiger partial charge in [-0.1, -0.05) is 58.8 Å². The van der Waals surface area contributed by atoms with Crippen LogP contribution in [0.5, 0.6) is 0 Å². The van der Waals surface area contributed by atoms with Crippen LogP contribution in [-0.2, 0) is 0 Å². The summed E-state index contributed by atoms with van der Waals surface area (Å²) in [7, 11) is 0. The van der Waals surface area contributed by atoms with Crippen LogP contribution in [0.15, 0.2) is 0 Å². The molecule has 0 heteroatoms. The number of unbranched alkanes of at least 4 members (excludes halogenated alkanes) is 4. The molecule has 0 spiro atoms. The summed E-state index contributed by atoms with van der Waals surface area (Å²) in [5.74, 6) is 9.60. The van der Waals surface area contributed by atoms with Crippen molar-refractivity contribution in [3.63, 3.8) is 0 Å². The molecule has 0 aliphatic heterocycles. The summed E-state index contributed by atoms with van der Waals surface area (Å²) in [5.41, 5.74) is 0. The monoisotopic (exact) mass is 372 g/mol. The molecule has 6 rings (SSSR count). The predicted molar refractivity (Wildman–Crippen MR) is 118 cm³/mol. The smallest absolute Gasteiger partial charge is 0.0355 e. The van der Waals surface area contributed by atoms with E-state index in [0.717, 1.165) is 0 Å². The van der Waals surface area contributed by atoms with Gasteiger partial charge in [0.1, 0.15) is 0 Å². The van der Waals surface area contributed by atoms with Crippen LogP contribution in [0.2, 0.25) is 0 Å². The van der Waals surface area contributed by atoms with E-state index in [0.29, 0.717) is 0 Å². The van der Waals surface area contributed by atoms with Gasteiger partial charge in [-0.25, -0.2) is 0 Å². The normalized spacial score (nSPS) is 45.1. The van der Waals surface area contributed by atoms with Crippen molar-refractivity contribution in [1.29, 1.82) is 0 Å². The van der Waals surface area contributed by atoms with Gasteiger partial charge in [-0.15, -0.1) is 0 Å². The molecule has 8 unspecified atom stereocenters. The van der Waals surface area contributed by atoms with Crippen molar-refractivity contribution in [3.05, 3.63) is 0 Å². The summed E-state index contributed by atoms with van der Waals surface area (Å²) in [6.45, 7) is 4.49. The van der Waals surface area contributed by atoms with Gasteiger partial charge >= 0.3 is 0 Å². The van der Waals surface area contributed by atoms with Crippen LogP contribution in [-0.4, -0.2) is 0 Å². The summed E-state index contributed by atoms with van der Waals surface area (Å²) >= 11 is 0. The summed E-state index contributed by atoms with van der Waals surface area (Å²) in [5, 5.41) is 0. The van der Waals surface area contributed by atoms with Gasteiger partial charge < -0.3 is 0 Å². The fourth-order valence-electron chi connectivity index (χ4n) is 8.71. The molecule has 6 aliphatic rings. The van der Waals surface area contributed by atoms with E-state index >= 15 is 0 Å². The van der Waals surface area contributed by atoms with Gasteiger partial charge in [-0.3, -0.25) is 0 Å². The molecule has 156 valence electrons. The lowest BCUT2D eigenvalue weighted by Gasteiger charge is -2.23. The van der Waals surface area contributed by atoms with Crippen LogP contribution in [0.25, 0.3) is 0 Å². The zero-order chi connectivity index (χ0) is 18.6. The molecular formula is C27H48. The lowest BCUT2D eigenvalue weighted by molar-refractivity contribution is 0.259. The molecule has 6 fully saturated rings. The van der Waals surface area contributed by atoms with E-state index in [1.807, 2.05) is 0 Å². The summed E-state index contributed by atoms with van der Waals surface area (Å²) in [6, 6.07) is 0. The van der Waals surface area contributed by atoms with Crippen molar-refractivity contribution in [3.8, 4) is 0 Å². The Morgan fingerprint density at radius 1 is 0.444 bits per heavy atom. The maximum Gasteiger partial charge on any atom is -0.0355 e. The van der Waals surface area contributed by atoms with Crippen molar-refractivity contribution in [2.75, 3.05) is 0 Å². The lowest BCUT2D eigenvalue weighted by Crippen LogP contribution is -2.15. The summed E-state index contributed by atoms with van der Waals surface area (Å²) in [6.07, 6.45) is 26.1. The summed E-state index contributed by atoms with van der Waals surface area (Å²) < 4.78 is 0. The third-order valence-electron chi connectivity index (χ3n) is 9.91. The largest absolute Gasteiger partial charge is 0.0654 e. The summed E-state index contributed by atoms with van der Waals surface area (Å²) in [4.78, 5) is 0. The molecule has 0 saturated heterocycles. The minimum Gasteiger partial charge on any atom is -0.0654 e. The van der Waals surface area contributed by atoms with E-state index < -0.39 is 0 Å². The Balaban J connectivity index is 0.000000103. The molecule has 4 bridgehead atoms. The van der Waals surface area contributed by atoms with Crippen molar-refractivity contribution in [2.45, 2.75) is 123 Å². The third kappa shape index (κ3) is 4.45. The average Bonchev–Trinajstić information content (AvgIpc) is 3.51. The van der Waals surface area contributed by atoms with E-state index in [4.69, 9.17) is 0 Å². The number of hydrogen-bond donors (Lipinski definition) is 0. The first-order valence-corrected chi connectivity index (χ1v) is 13.3. The van der Waals surface area contributed by atoms with Gasteiger partial charge in [-0.2, -0.15) is 0 Å². The first-order valence-electron chi connectivity index (χ1n) is 13.3. The Hall–Kier alpha value is 0. The standard InChI is InChI=1S/2C10H16.C7H16/c2*1-2-9-7-4-5-8(6-7)10(9)3-1;1-3-5-7-6-4-2/h2*7-10H,1-6H2;3-7H2,1-2H3. The Kier molecular flexibility index (Phi) is 7.26. The van der Waals surface area contributed by atoms with E-state index in [2.05, 4.69) is 13.8 Å². The highest BCUT2D eigenvalue weighted by Gasteiger charge is 2.49. The van der Waals surface area contributed by atoms with Gasteiger partial charge in [-0.05, 0) is 112 Å². The zero-order valence-corrected chi connectivity index (χ0v) is 18.6. The van der Waals surface area contributed by atoms with Crippen molar-refractivity contribution in [2.24, 2.45) is 47.3 Å². The molecule has 0 radical (unpaired) electrons. The van der Waals surface area contributed by atoms with Gasteiger partial charge in [0, 0.05) is 0 Å². The van der Waals surface area contributed by atoms with Crippen LogP contribution in [0.3, 0.4) is 0 Å². The second kappa shape index (κ2) is 9.67. The van der Waals surface area contributed by atoms with Crippen LogP contribution < -0.4 is 0 Å². The lowest BCUT2D eigenvalue weighted by atomic mass is 9.82. The minimum atomic E-state index is 1.19. The maximum atomic E-state index is 2.25. The molecule has 0 nitrogen and oxygen atoms in total. The predicted octanol–water partition coefficient (Wildman–Crippen LogP) is 8.64. The second-order valence-electron chi connectivity index (χ2n) is 11.2. The van der Waals surface area contributed by atoms with E-state index in [-0.39, 0.29) is 0 Å². The first kappa shape index (κ1) is 20.3. The van der Waals surface area contributed by atoms with Crippen LogP contribution in [0, 0.1) is 47.3 Å². The zero-order valence-electron chi connectivity index (χ0n) is 18.6. The maximum absolute atomic E-state index is 2.25. The molecule has 0 N–H and O–H groups in total. The van der Waals surface area contributed by atoms with Gasteiger partial charge in [0.2, 0.25) is 0 Å². The van der Waals surface area contributed by atoms with Crippen molar-refractivity contribution in [1.82, 2.24) is 0 Å². The molecule has 8 atom stereocenters. The minimum absolute atomic E-state index is 1.19. The molecule has 6 aliphatic carbocycles. The molecular weight excluding hydrogens is 324 g/mol. The molecule has 6 saturated carbocycles. The van der Waals surface area contributed by atoms with Gasteiger partial charge in [0.05, 0.1) is 0 Å². The van der Waals surface area contributed by atoms with Crippen molar-refractivity contribution < 1.29 is 0 Å². The quantitative estimate of drug-likeness (QED) is 0.433. The topological polar surface area (TPSA) is 0 Å². The molecule has 0 aromatic heterocycles. The Bertz CT molecular complexity index is 367. The highest BCUT2D eigenvalue weighted by molar-refractivity contribution is 4.99. The van der Waals surface area contributed by atoms with E-state index in [9.17, 15) is 0 Å². The molecule has 27 heavy (non-hydrogen) atoms. The molecule has 0 aromatic rings. The fraction of sp³-hybridized carbons (Fsp3) is 1.00. The van der Waals surface area contributed by atoms with Gasteiger partial charge in [0.15, 0.2) is 0 Å². The average molecular weight is 373 g/mol. The fourth-order valence-corrected chi connectivity index (χ4v) is 8.71. The van der Waals surface area contributed by atoms with Gasteiger partial charge in [0.25, 0.3) is 0 Å². The Morgan fingerprint density at radius 3 is 1.07 bits per heavy atom. The number of fused-ring (bicyclic) bond motifs is 10. The third-order valence-corrected chi connectivity index (χ3v) is 9.91.